The van der Waals surface area contributed by atoms with Crippen molar-refractivity contribution in [3.63, 3.8) is 0 Å². The number of imidazole rings is 1. The molecule has 0 amide bonds. The van der Waals surface area contributed by atoms with Crippen LogP contribution in [0.25, 0.3) is 26.6 Å². The summed E-state index contributed by atoms with van der Waals surface area (Å²) < 4.78 is 8.10. The van der Waals surface area contributed by atoms with Crippen LogP contribution in [-0.2, 0) is 0 Å². The van der Waals surface area contributed by atoms with E-state index in [-0.39, 0.29) is 0 Å². The van der Waals surface area contributed by atoms with Crippen molar-refractivity contribution in [2.24, 2.45) is 0 Å². The van der Waals surface area contributed by atoms with Gasteiger partial charge in [-0.15, -0.1) is 11.3 Å². The molecule has 0 aliphatic carbocycles. The Morgan fingerprint density at radius 1 is 1.29 bits per heavy atom. The number of benzene rings is 1. The summed E-state index contributed by atoms with van der Waals surface area (Å²) in [5, 5.41) is 12.9. The number of anilines is 1. The Kier molecular flexibility index (Phi) is 3.29. The van der Waals surface area contributed by atoms with Crippen molar-refractivity contribution in [2.45, 2.75) is 0 Å². The fourth-order valence-corrected chi connectivity index (χ4v) is 3.52. The molecule has 0 saturated heterocycles. The highest BCUT2D eigenvalue weighted by Gasteiger charge is 2.17. The molecule has 1 N–H and O–H groups in total. The highest BCUT2D eigenvalue weighted by atomic mass is 32.1. The molecular formula is C16H12N6OS. The first-order chi connectivity index (χ1) is 11.7. The Labute approximate surface area is 141 Å². The average molecular weight is 336 g/mol. The molecule has 4 aromatic rings. The number of ether oxygens (including phenoxy) is 1. The van der Waals surface area contributed by atoms with Crippen molar-refractivity contribution in [1.29, 1.82) is 5.26 Å². The SMILES string of the molecule is CNc1c(-c2nc3ccc(OC)cc3s2)nc2cc(C#N)ncn12. The van der Waals surface area contributed by atoms with Crippen molar-refractivity contribution >= 4 is 33.0 Å². The summed E-state index contributed by atoms with van der Waals surface area (Å²) in [5.74, 6) is 1.58. The first-order valence-electron chi connectivity index (χ1n) is 7.14. The molecule has 0 aliphatic heterocycles. The van der Waals surface area contributed by atoms with Gasteiger partial charge in [0.2, 0.25) is 0 Å². The molecule has 1 aromatic carbocycles. The van der Waals surface area contributed by atoms with E-state index >= 15 is 0 Å². The van der Waals surface area contributed by atoms with Crippen molar-refractivity contribution in [2.75, 3.05) is 19.5 Å². The molecule has 0 atom stereocenters. The minimum Gasteiger partial charge on any atom is -0.497 e. The van der Waals surface area contributed by atoms with Crippen LogP contribution in [0.1, 0.15) is 5.69 Å². The average Bonchev–Trinajstić information content (AvgIpc) is 3.20. The van der Waals surface area contributed by atoms with Crippen LogP contribution >= 0.6 is 11.3 Å². The maximum absolute atomic E-state index is 9.00. The molecule has 3 heterocycles. The van der Waals surface area contributed by atoms with Crippen molar-refractivity contribution in [3.05, 3.63) is 36.3 Å². The second-order valence-corrected chi connectivity index (χ2v) is 6.06. The molecule has 24 heavy (non-hydrogen) atoms. The van der Waals surface area contributed by atoms with Gasteiger partial charge in [0.05, 0.1) is 17.3 Å². The molecule has 8 heteroatoms. The fraction of sp³-hybridized carbons (Fsp3) is 0.125. The minimum atomic E-state index is 0.329. The van der Waals surface area contributed by atoms with Crippen molar-refractivity contribution in [3.8, 4) is 22.5 Å². The maximum atomic E-state index is 9.00. The summed E-state index contributed by atoms with van der Waals surface area (Å²) in [6.07, 6.45) is 1.59. The normalized spacial score (nSPS) is 10.9. The first kappa shape index (κ1) is 14.4. The Morgan fingerprint density at radius 3 is 2.92 bits per heavy atom. The van der Waals surface area contributed by atoms with Crippen LogP contribution in [0.3, 0.4) is 0 Å². The van der Waals surface area contributed by atoms with Crippen LogP contribution in [0.15, 0.2) is 30.6 Å². The zero-order chi connectivity index (χ0) is 16.7. The predicted molar refractivity (Wildman–Crippen MR) is 92.4 cm³/mol. The fourth-order valence-electron chi connectivity index (χ4n) is 2.53. The Bertz CT molecular complexity index is 1110. The third kappa shape index (κ3) is 2.14. The number of fused-ring (bicyclic) bond motifs is 2. The minimum absolute atomic E-state index is 0.329. The van der Waals surface area contributed by atoms with Crippen LogP contribution in [-0.4, -0.2) is 33.5 Å². The van der Waals surface area contributed by atoms with Crippen LogP contribution in [0.5, 0.6) is 5.75 Å². The van der Waals surface area contributed by atoms with E-state index in [2.05, 4.69) is 20.3 Å². The number of thiazole rings is 1. The van der Waals surface area contributed by atoms with E-state index < -0.39 is 0 Å². The number of aromatic nitrogens is 4. The van der Waals surface area contributed by atoms with E-state index in [4.69, 9.17) is 10.00 Å². The summed E-state index contributed by atoms with van der Waals surface area (Å²) in [5.41, 5.74) is 2.61. The van der Waals surface area contributed by atoms with Crippen LogP contribution in [0.4, 0.5) is 5.82 Å². The molecule has 0 bridgehead atoms. The van der Waals surface area contributed by atoms with Crippen LogP contribution < -0.4 is 10.1 Å². The van der Waals surface area contributed by atoms with Gasteiger partial charge in [-0.05, 0) is 18.2 Å². The monoisotopic (exact) mass is 336 g/mol. The Balaban J connectivity index is 1.93. The van der Waals surface area contributed by atoms with Gasteiger partial charge in [0, 0.05) is 13.1 Å². The smallest absolute Gasteiger partial charge is 0.146 e. The predicted octanol–water partition coefficient (Wildman–Crippen LogP) is 2.93. The summed E-state index contributed by atoms with van der Waals surface area (Å²) in [6.45, 7) is 0. The summed E-state index contributed by atoms with van der Waals surface area (Å²) in [6, 6.07) is 9.46. The second kappa shape index (κ2) is 5.47. The third-order valence-electron chi connectivity index (χ3n) is 3.67. The number of rotatable bonds is 3. The van der Waals surface area contributed by atoms with Gasteiger partial charge in [0.25, 0.3) is 0 Å². The topological polar surface area (TPSA) is 88.1 Å². The van der Waals surface area contributed by atoms with Gasteiger partial charge in [0.1, 0.15) is 46.0 Å². The van der Waals surface area contributed by atoms with Crippen molar-refractivity contribution in [1.82, 2.24) is 19.4 Å². The highest BCUT2D eigenvalue weighted by Crippen LogP contribution is 2.35. The number of nitrogens with one attached hydrogen (secondary N) is 1. The van der Waals surface area contributed by atoms with Gasteiger partial charge in [-0.25, -0.2) is 15.0 Å². The van der Waals surface area contributed by atoms with E-state index in [9.17, 15) is 0 Å². The van der Waals surface area contributed by atoms with Crippen LogP contribution in [0.2, 0.25) is 0 Å². The summed E-state index contributed by atoms with van der Waals surface area (Å²) in [7, 11) is 3.46. The van der Waals surface area contributed by atoms with Gasteiger partial charge < -0.3 is 10.1 Å². The van der Waals surface area contributed by atoms with E-state index in [0.717, 1.165) is 32.5 Å². The lowest BCUT2D eigenvalue weighted by Gasteiger charge is -2.01. The molecule has 0 radical (unpaired) electrons. The largest absolute Gasteiger partial charge is 0.497 e. The molecule has 3 aromatic heterocycles. The first-order valence-corrected chi connectivity index (χ1v) is 7.96. The maximum Gasteiger partial charge on any atom is 0.146 e. The molecule has 0 fully saturated rings. The van der Waals surface area contributed by atoms with Crippen molar-refractivity contribution < 1.29 is 4.74 Å². The standard InChI is InChI=1S/C16H12N6OS/c1-18-15-14(21-13-5-9(7-17)19-8-22(13)15)16-20-11-4-3-10(23-2)6-12(11)24-16/h3-6,8,18H,1-2H3. The lowest BCUT2D eigenvalue weighted by Crippen LogP contribution is -1.97. The van der Waals surface area contributed by atoms with E-state index in [1.54, 1.807) is 30.8 Å². The molecule has 0 spiro atoms. The van der Waals surface area contributed by atoms with Gasteiger partial charge in [-0.2, -0.15) is 5.26 Å². The number of methoxy groups -OCH3 is 1. The van der Waals surface area contributed by atoms with Crippen LogP contribution in [0, 0.1) is 11.3 Å². The zero-order valence-corrected chi connectivity index (χ0v) is 13.8. The van der Waals surface area contributed by atoms with E-state index in [0.29, 0.717) is 11.3 Å². The van der Waals surface area contributed by atoms with Gasteiger partial charge in [-0.3, -0.25) is 4.40 Å². The molecule has 0 aliphatic rings. The lowest BCUT2D eigenvalue weighted by atomic mass is 10.3. The molecule has 4 rings (SSSR count). The molecule has 118 valence electrons. The van der Waals surface area contributed by atoms with Gasteiger partial charge in [-0.1, -0.05) is 0 Å². The Morgan fingerprint density at radius 2 is 2.17 bits per heavy atom. The summed E-state index contributed by atoms with van der Waals surface area (Å²) in [4.78, 5) is 13.4. The van der Waals surface area contributed by atoms with Gasteiger partial charge in [0.15, 0.2) is 0 Å². The second-order valence-electron chi connectivity index (χ2n) is 5.03. The molecule has 0 saturated carbocycles. The van der Waals surface area contributed by atoms with Gasteiger partial charge >= 0.3 is 0 Å². The lowest BCUT2D eigenvalue weighted by molar-refractivity contribution is 0.415. The molecule has 0 unspecified atom stereocenters. The number of nitrogens with zero attached hydrogens (tertiary/aromatic N) is 5. The van der Waals surface area contributed by atoms with E-state index in [1.165, 1.54) is 0 Å². The van der Waals surface area contributed by atoms with E-state index in [1.807, 2.05) is 35.7 Å². The number of nitriles is 1. The quantitative estimate of drug-likeness (QED) is 0.619. The Hall–Kier alpha value is -3.18. The zero-order valence-electron chi connectivity index (χ0n) is 12.9. The summed E-state index contributed by atoms with van der Waals surface area (Å²) >= 11 is 1.54. The molecule has 7 nitrogen and oxygen atoms in total. The molecular weight excluding hydrogens is 324 g/mol. The number of hydrogen-bond donors (Lipinski definition) is 1. The third-order valence-corrected chi connectivity index (χ3v) is 4.69. The number of hydrogen-bond acceptors (Lipinski definition) is 7. The highest BCUT2D eigenvalue weighted by molar-refractivity contribution is 7.21.